The van der Waals surface area contributed by atoms with Gasteiger partial charge in [0.15, 0.2) is 0 Å². The second-order valence-electron chi connectivity index (χ2n) is 3.78. The average molecular weight is 142 g/mol. The van der Waals surface area contributed by atoms with Crippen molar-refractivity contribution in [3.05, 3.63) is 0 Å². The van der Waals surface area contributed by atoms with Gasteiger partial charge in [0.1, 0.15) is 0 Å². The van der Waals surface area contributed by atoms with Crippen LogP contribution in [0.2, 0.25) is 0 Å². The molecule has 0 amide bonds. The smallest absolute Gasteiger partial charge is 0.0576 e. The Bertz CT molecular complexity index is 90.9. The first kappa shape index (κ1) is 8.06. The van der Waals surface area contributed by atoms with Gasteiger partial charge < -0.3 is 4.74 Å². The Morgan fingerprint density at radius 1 is 1.00 bits per heavy atom. The van der Waals surface area contributed by atoms with Crippen molar-refractivity contribution in [3.8, 4) is 0 Å². The molecule has 0 aromatic carbocycles. The molecule has 0 aliphatic heterocycles. The molecule has 1 nitrogen and oxygen atoms in total. The standard InChI is InChI=1S/C9H18O/c1-7-4-8(2)6-9(5-7)10-3/h7-9H,4-6H2,1-3H3. The minimum Gasteiger partial charge on any atom is -0.381 e. The van der Waals surface area contributed by atoms with E-state index >= 15 is 0 Å². The molecule has 1 rings (SSSR count). The van der Waals surface area contributed by atoms with Crippen LogP contribution in [0.4, 0.5) is 0 Å². The fourth-order valence-corrected chi connectivity index (χ4v) is 2.07. The molecule has 1 aliphatic carbocycles. The summed E-state index contributed by atoms with van der Waals surface area (Å²) in [5.74, 6) is 1.74. The Labute approximate surface area is 63.8 Å². The maximum atomic E-state index is 5.33. The summed E-state index contributed by atoms with van der Waals surface area (Å²) in [4.78, 5) is 0. The second-order valence-corrected chi connectivity index (χ2v) is 3.78. The largest absolute Gasteiger partial charge is 0.381 e. The summed E-state index contributed by atoms with van der Waals surface area (Å²) in [6, 6.07) is 0. The molecule has 2 atom stereocenters. The predicted molar refractivity (Wildman–Crippen MR) is 43.0 cm³/mol. The zero-order valence-corrected chi connectivity index (χ0v) is 7.26. The SMILES string of the molecule is COC1CC(C)CC(C)C1. The Morgan fingerprint density at radius 3 is 1.90 bits per heavy atom. The molecule has 0 aromatic heterocycles. The molecule has 2 unspecified atom stereocenters. The topological polar surface area (TPSA) is 9.23 Å². The predicted octanol–water partition coefficient (Wildman–Crippen LogP) is 2.46. The molecule has 1 fully saturated rings. The van der Waals surface area contributed by atoms with Gasteiger partial charge in [0.25, 0.3) is 0 Å². The van der Waals surface area contributed by atoms with Gasteiger partial charge in [-0.15, -0.1) is 0 Å². The summed E-state index contributed by atoms with van der Waals surface area (Å²) < 4.78 is 5.33. The normalized spacial score (nSPS) is 41.7. The highest BCUT2D eigenvalue weighted by molar-refractivity contribution is 4.74. The van der Waals surface area contributed by atoms with Gasteiger partial charge in [0.05, 0.1) is 6.10 Å². The molecule has 1 aliphatic rings. The molecule has 0 N–H and O–H groups in total. The van der Waals surface area contributed by atoms with Crippen LogP contribution >= 0.6 is 0 Å². The lowest BCUT2D eigenvalue weighted by atomic mass is 9.82. The van der Waals surface area contributed by atoms with Crippen molar-refractivity contribution in [2.75, 3.05) is 7.11 Å². The van der Waals surface area contributed by atoms with Crippen molar-refractivity contribution in [2.45, 2.75) is 39.2 Å². The first-order valence-corrected chi connectivity index (χ1v) is 4.25. The fraction of sp³-hybridized carbons (Fsp3) is 1.00. The highest BCUT2D eigenvalue weighted by atomic mass is 16.5. The number of hydrogen-bond acceptors (Lipinski definition) is 1. The number of ether oxygens (including phenoxy) is 1. The summed E-state index contributed by atoms with van der Waals surface area (Å²) in [6.07, 6.45) is 4.46. The molecular weight excluding hydrogens is 124 g/mol. The maximum Gasteiger partial charge on any atom is 0.0576 e. The lowest BCUT2D eigenvalue weighted by Crippen LogP contribution is -2.24. The van der Waals surface area contributed by atoms with E-state index in [1.165, 1.54) is 19.3 Å². The van der Waals surface area contributed by atoms with Gasteiger partial charge in [0, 0.05) is 7.11 Å². The maximum absolute atomic E-state index is 5.33. The Kier molecular flexibility index (Phi) is 2.72. The molecule has 0 radical (unpaired) electrons. The van der Waals surface area contributed by atoms with Crippen LogP contribution in [-0.4, -0.2) is 13.2 Å². The third-order valence-corrected chi connectivity index (χ3v) is 2.47. The summed E-state index contributed by atoms with van der Waals surface area (Å²) >= 11 is 0. The molecule has 0 spiro atoms. The fourth-order valence-electron chi connectivity index (χ4n) is 2.07. The van der Waals surface area contributed by atoms with E-state index in [2.05, 4.69) is 13.8 Å². The van der Waals surface area contributed by atoms with E-state index in [1.54, 1.807) is 0 Å². The van der Waals surface area contributed by atoms with Gasteiger partial charge in [-0.25, -0.2) is 0 Å². The molecular formula is C9H18O. The quantitative estimate of drug-likeness (QED) is 0.546. The molecule has 1 saturated carbocycles. The number of methoxy groups -OCH3 is 1. The van der Waals surface area contributed by atoms with Crippen LogP contribution in [0.15, 0.2) is 0 Å². The highest BCUT2D eigenvalue weighted by Crippen LogP contribution is 2.29. The minimum absolute atomic E-state index is 0.541. The van der Waals surface area contributed by atoms with Crippen LogP contribution in [0.3, 0.4) is 0 Å². The Hall–Kier alpha value is -0.0400. The molecule has 0 heterocycles. The van der Waals surface area contributed by atoms with E-state index < -0.39 is 0 Å². The van der Waals surface area contributed by atoms with Crippen LogP contribution in [0, 0.1) is 11.8 Å². The van der Waals surface area contributed by atoms with E-state index in [0.717, 1.165) is 11.8 Å². The van der Waals surface area contributed by atoms with Crippen molar-refractivity contribution in [3.63, 3.8) is 0 Å². The number of rotatable bonds is 1. The first-order valence-electron chi connectivity index (χ1n) is 4.25. The third-order valence-electron chi connectivity index (χ3n) is 2.47. The van der Waals surface area contributed by atoms with E-state index in [1.807, 2.05) is 7.11 Å². The van der Waals surface area contributed by atoms with Crippen LogP contribution in [0.1, 0.15) is 33.1 Å². The van der Waals surface area contributed by atoms with Crippen molar-refractivity contribution < 1.29 is 4.74 Å². The highest BCUT2D eigenvalue weighted by Gasteiger charge is 2.22. The lowest BCUT2D eigenvalue weighted by Gasteiger charge is -2.30. The van der Waals surface area contributed by atoms with Crippen molar-refractivity contribution in [1.82, 2.24) is 0 Å². The summed E-state index contributed by atoms with van der Waals surface area (Å²) in [5.41, 5.74) is 0. The van der Waals surface area contributed by atoms with Crippen LogP contribution < -0.4 is 0 Å². The first-order chi connectivity index (χ1) is 4.72. The minimum atomic E-state index is 0.541. The summed E-state index contributed by atoms with van der Waals surface area (Å²) in [7, 11) is 1.83. The second kappa shape index (κ2) is 3.38. The number of hydrogen-bond donors (Lipinski definition) is 0. The zero-order valence-electron chi connectivity index (χ0n) is 7.26. The van der Waals surface area contributed by atoms with Crippen LogP contribution in [0.5, 0.6) is 0 Å². The summed E-state index contributed by atoms with van der Waals surface area (Å²) in [5, 5.41) is 0. The Balaban J connectivity index is 2.35. The average Bonchev–Trinajstić information content (AvgIpc) is 1.85. The monoisotopic (exact) mass is 142 g/mol. The van der Waals surface area contributed by atoms with Crippen LogP contribution in [0.25, 0.3) is 0 Å². The molecule has 1 heteroatoms. The van der Waals surface area contributed by atoms with Gasteiger partial charge in [-0.3, -0.25) is 0 Å². The van der Waals surface area contributed by atoms with Gasteiger partial charge >= 0.3 is 0 Å². The van der Waals surface area contributed by atoms with Gasteiger partial charge in [-0.1, -0.05) is 13.8 Å². The molecule has 0 bridgehead atoms. The summed E-state index contributed by atoms with van der Waals surface area (Å²) in [6.45, 7) is 4.64. The van der Waals surface area contributed by atoms with Crippen LogP contribution in [-0.2, 0) is 4.74 Å². The lowest BCUT2D eigenvalue weighted by molar-refractivity contribution is 0.0355. The van der Waals surface area contributed by atoms with Crippen molar-refractivity contribution in [2.24, 2.45) is 11.8 Å². The van der Waals surface area contributed by atoms with Gasteiger partial charge in [-0.05, 0) is 31.1 Å². The van der Waals surface area contributed by atoms with Crippen molar-refractivity contribution in [1.29, 1.82) is 0 Å². The van der Waals surface area contributed by atoms with E-state index in [4.69, 9.17) is 4.74 Å². The third kappa shape index (κ3) is 1.98. The molecule has 60 valence electrons. The van der Waals surface area contributed by atoms with Crippen molar-refractivity contribution >= 4 is 0 Å². The molecule has 10 heavy (non-hydrogen) atoms. The van der Waals surface area contributed by atoms with E-state index in [-0.39, 0.29) is 0 Å². The van der Waals surface area contributed by atoms with E-state index in [0.29, 0.717) is 6.10 Å². The Morgan fingerprint density at radius 2 is 1.50 bits per heavy atom. The van der Waals surface area contributed by atoms with E-state index in [9.17, 15) is 0 Å². The van der Waals surface area contributed by atoms with Gasteiger partial charge in [-0.2, -0.15) is 0 Å². The molecule has 0 aromatic rings. The molecule has 0 saturated heterocycles. The zero-order chi connectivity index (χ0) is 7.56. The van der Waals surface area contributed by atoms with Gasteiger partial charge in [0.2, 0.25) is 0 Å².